The highest BCUT2D eigenvalue weighted by Gasteiger charge is 2.19. The van der Waals surface area contributed by atoms with Crippen molar-refractivity contribution in [2.24, 2.45) is 0 Å². The second kappa shape index (κ2) is 6.18. The lowest BCUT2D eigenvalue weighted by Crippen LogP contribution is -2.08. The number of aryl methyl sites for hydroxylation is 1. The van der Waals surface area contributed by atoms with Gasteiger partial charge >= 0.3 is 0 Å². The molecule has 2 aromatic carbocycles. The molecule has 98 valence electrons. The molecule has 0 saturated carbocycles. The van der Waals surface area contributed by atoms with Gasteiger partial charge in [-0.05, 0) is 30.2 Å². The van der Waals surface area contributed by atoms with Crippen LogP contribution in [-0.4, -0.2) is 5.11 Å². The Balaban J connectivity index is 2.28. The van der Waals surface area contributed by atoms with Crippen molar-refractivity contribution in [1.29, 1.82) is 0 Å². The van der Waals surface area contributed by atoms with Gasteiger partial charge in [0.25, 0.3) is 0 Å². The van der Waals surface area contributed by atoms with Gasteiger partial charge in [0.15, 0.2) is 0 Å². The second-order valence-electron chi connectivity index (χ2n) is 4.67. The molecule has 0 aromatic heterocycles. The van der Waals surface area contributed by atoms with Crippen LogP contribution in [0, 0.1) is 6.92 Å². The Kier molecular flexibility index (Phi) is 4.56. The predicted molar refractivity (Wildman–Crippen MR) is 83.2 cm³/mol. The summed E-state index contributed by atoms with van der Waals surface area (Å²) in [5.74, 6) is -0.0956. The molecule has 0 spiro atoms. The van der Waals surface area contributed by atoms with E-state index in [1.54, 1.807) is 6.08 Å². The van der Waals surface area contributed by atoms with E-state index in [0.29, 0.717) is 0 Å². The molecule has 1 nitrogen and oxygen atoms in total. The van der Waals surface area contributed by atoms with Crippen LogP contribution in [0.4, 0.5) is 0 Å². The normalized spacial score (nSPS) is 13.8. The summed E-state index contributed by atoms with van der Waals surface area (Å²) in [5.41, 5.74) is 3.19. The SMILES string of the molecule is C=C[C@H](c1ccc(C)cc1)[C@H](O)c1ccc(Br)cc1. The van der Waals surface area contributed by atoms with Gasteiger partial charge in [0, 0.05) is 10.4 Å². The largest absolute Gasteiger partial charge is 0.387 e. The average molecular weight is 317 g/mol. The van der Waals surface area contributed by atoms with Gasteiger partial charge in [0.2, 0.25) is 0 Å². The molecule has 1 N–H and O–H groups in total. The molecule has 0 heterocycles. The molecule has 2 heteroatoms. The minimum Gasteiger partial charge on any atom is -0.387 e. The third kappa shape index (κ3) is 3.34. The van der Waals surface area contributed by atoms with E-state index in [0.717, 1.165) is 15.6 Å². The van der Waals surface area contributed by atoms with E-state index >= 15 is 0 Å². The molecule has 0 aliphatic carbocycles. The van der Waals surface area contributed by atoms with E-state index in [-0.39, 0.29) is 5.92 Å². The van der Waals surface area contributed by atoms with Gasteiger partial charge in [-0.2, -0.15) is 0 Å². The highest BCUT2D eigenvalue weighted by atomic mass is 79.9. The van der Waals surface area contributed by atoms with E-state index in [9.17, 15) is 5.11 Å². The summed E-state index contributed by atoms with van der Waals surface area (Å²) in [7, 11) is 0. The summed E-state index contributed by atoms with van der Waals surface area (Å²) in [4.78, 5) is 0. The molecular weight excluding hydrogens is 300 g/mol. The number of halogens is 1. The summed E-state index contributed by atoms with van der Waals surface area (Å²) < 4.78 is 1.01. The van der Waals surface area contributed by atoms with E-state index in [2.05, 4.69) is 41.6 Å². The Bertz CT molecular complexity index is 542. The number of rotatable bonds is 4. The molecule has 0 amide bonds. The Morgan fingerprint density at radius 3 is 2.05 bits per heavy atom. The smallest absolute Gasteiger partial charge is 0.0893 e. The van der Waals surface area contributed by atoms with Gasteiger partial charge in [-0.15, -0.1) is 6.58 Å². The number of hydrogen-bond donors (Lipinski definition) is 1. The van der Waals surface area contributed by atoms with E-state index in [1.165, 1.54) is 5.56 Å². The molecule has 0 aliphatic rings. The quantitative estimate of drug-likeness (QED) is 0.806. The Morgan fingerprint density at radius 2 is 1.53 bits per heavy atom. The predicted octanol–water partition coefficient (Wildman–Crippen LogP) is 4.76. The monoisotopic (exact) mass is 316 g/mol. The Morgan fingerprint density at radius 1 is 1.00 bits per heavy atom. The van der Waals surface area contributed by atoms with Crippen LogP contribution >= 0.6 is 15.9 Å². The van der Waals surface area contributed by atoms with Gasteiger partial charge in [-0.25, -0.2) is 0 Å². The van der Waals surface area contributed by atoms with Crippen molar-refractivity contribution >= 4 is 15.9 Å². The summed E-state index contributed by atoms with van der Waals surface area (Å²) in [6.45, 7) is 5.91. The molecule has 0 bridgehead atoms. The van der Waals surface area contributed by atoms with Gasteiger partial charge < -0.3 is 5.11 Å². The van der Waals surface area contributed by atoms with E-state index in [4.69, 9.17) is 0 Å². The molecule has 0 radical (unpaired) electrons. The Hall–Kier alpha value is -1.38. The first-order valence-electron chi connectivity index (χ1n) is 6.24. The molecule has 0 aliphatic heterocycles. The van der Waals surface area contributed by atoms with Crippen LogP contribution in [0.3, 0.4) is 0 Å². The standard InChI is InChI=1S/C17H17BrO/c1-3-16(13-6-4-12(2)5-7-13)17(19)14-8-10-15(18)11-9-14/h3-11,16-17,19H,1H2,2H3/t16-,17-/m1/s1. The minimum atomic E-state index is -0.576. The highest BCUT2D eigenvalue weighted by molar-refractivity contribution is 9.10. The molecule has 0 fully saturated rings. The van der Waals surface area contributed by atoms with Crippen LogP contribution in [-0.2, 0) is 0 Å². The maximum atomic E-state index is 10.5. The molecule has 2 atom stereocenters. The fourth-order valence-corrected chi connectivity index (χ4v) is 2.37. The zero-order valence-electron chi connectivity index (χ0n) is 10.9. The fourth-order valence-electron chi connectivity index (χ4n) is 2.10. The highest BCUT2D eigenvalue weighted by Crippen LogP contribution is 2.32. The van der Waals surface area contributed by atoms with Crippen molar-refractivity contribution < 1.29 is 5.11 Å². The third-order valence-corrected chi connectivity index (χ3v) is 3.80. The zero-order chi connectivity index (χ0) is 13.8. The molecule has 0 saturated heterocycles. The first-order valence-corrected chi connectivity index (χ1v) is 7.04. The summed E-state index contributed by atoms with van der Waals surface area (Å²) in [6.07, 6.45) is 1.23. The van der Waals surface area contributed by atoms with Crippen molar-refractivity contribution in [2.45, 2.75) is 18.9 Å². The second-order valence-corrected chi connectivity index (χ2v) is 5.58. The van der Waals surface area contributed by atoms with Gasteiger partial charge in [0.05, 0.1) is 6.10 Å². The molecular formula is C17H17BrO. The third-order valence-electron chi connectivity index (χ3n) is 3.27. The van der Waals surface area contributed by atoms with Crippen molar-refractivity contribution in [1.82, 2.24) is 0 Å². The lowest BCUT2D eigenvalue weighted by atomic mass is 9.89. The number of aliphatic hydroxyl groups excluding tert-OH is 1. The zero-order valence-corrected chi connectivity index (χ0v) is 12.5. The Labute approximate surface area is 122 Å². The lowest BCUT2D eigenvalue weighted by molar-refractivity contribution is 0.162. The molecule has 19 heavy (non-hydrogen) atoms. The van der Waals surface area contributed by atoms with E-state index < -0.39 is 6.10 Å². The van der Waals surface area contributed by atoms with Crippen LogP contribution in [0.5, 0.6) is 0 Å². The van der Waals surface area contributed by atoms with Crippen molar-refractivity contribution in [3.63, 3.8) is 0 Å². The summed E-state index contributed by atoms with van der Waals surface area (Å²) in [6, 6.07) is 15.9. The van der Waals surface area contributed by atoms with Crippen molar-refractivity contribution in [2.75, 3.05) is 0 Å². The number of hydrogen-bond acceptors (Lipinski definition) is 1. The number of aliphatic hydroxyl groups is 1. The van der Waals surface area contributed by atoms with Gasteiger partial charge in [-0.3, -0.25) is 0 Å². The maximum absolute atomic E-state index is 10.5. The summed E-state index contributed by atoms with van der Waals surface area (Å²) in [5, 5.41) is 10.5. The van der Waals surface area contributed by atoms with Crippen LogP contribution in [0.1, 0.15) is 28.7 Å². The first kappa shape index (κ1) is 14.0. The molecule has 2 aromatic rings. The van der Waals surface area contributed by atoms with Gasteiger partial charge in [-0.1, -0.05) is 64.0 Å². The molecule has 0 unspecified atom stereocenters. The van der Waals surface area contributed by atoms with Crippen molar-refractivity contribution in [3.05, 3.63) is 82.3 Å². The topological polar surface area (TPSA) is 20.2 Å². The van der Waals surface area contributed by atoms with Crippen LogP contribution in [0.25, 0.3) is 0 Å². The summed E-state index contributed by atoms with van der Waals surface area (Å²) >= 11 is 3.40. The van der Waals surface area contributed by atoms with Crippen molar-refractivity contribution in [3.8, 4) is 0 Å². The first-order chi connectivity index (χ1) is 9.11. The maximum Gasteiger partial charge on any atom is 0.0893 e. The van der Waals surface area contributed by atoms with Crippen LogP contribution < -0.4 is 0 Å². The van der Waals surface area contributed by atoms with Gasteiger partial charge in [0.1, 0.15) is 0 Å². The van der Waals surface area contributed by atoms with E-state index in [1.807, 2.05) is 36.4 Å². The lowest BCUT2D eigenvalue weighted by Gasteiger charge is -2.20. The average Bonchev–Trinajstić information content (AvgIpc) is 2.42. The van der Waals surface area contributed by atoms with Crippen LogP contribution in [0.2, 0.25) is 0 Å². The fraction of sp³-hybridized carbons (Fsp3) is 0.176. The molecule has 2 rings (SSSR count). The minimum absolute atomic E-state index is 0.0956. The number of benzene rings is 2. The van der Waals surface area contributed by atoms with Crippen LogP contribution in [0.15, 0.2) is 65.7 Å².